The maximum atomic E-state index is 13.4. The van der Waals surface area contributed by atoms with E-state index in [1.54, 1.807) is 59.8 Å². The van der Waals surface area contributed by atoms with E-state index in [2.05, 4.69) is 4.98 Å². The van der Waals surface area contributed by atoms with Crippen molar-refractivity contribution in [3.8, 4) is 0 Å². The predicted octanol–water partition coefficient (Wildman–Crippen LogP) is 4.54. The van der Waals surface area contributed by atoms with E-state index in [0.29, 0.717) is 23.4 Å². The minimum Gasteiger partial charge on any atom is -0.457 e. The number of nitrogens with zero attached hydrogens (tertiary/aromatic N) is 2. The van der Waals surface area contributed by atoms with E-state index >= 15 is 0 Å². The van der Waals surface area contributed by atoms with E-state index < -0.39 is 33.2 Å². The van der Waals surface area contributed by atoms with Crippen LogP contribution in [0.15, 0.2) is 53.6 Å². The highest BCUT2D eigenvalue weighted by molar-refractivity contribution is 7.92. The van der Waals surface area contributed by atoms with Gasteiger partial charge in [0.05, 0.1) is 4.90 Å². The third-order valence-electron chi connectivity index (χ3n) is 4.87. The highest BCUT2D eigenvalue weighted by Crippen LogP contribution is 2.32. The predicted molar refractivity (Wildman–Crippen MR) is 139 cm³/mol. The lowest BCUT2D eigenvalue weighted by molar-refractivity contribution is -0.149. The zero-order valence-corrected chi connectivity index (χ0v) is 22.3. The minimum absolute atomic E-state index is 0.0948. The van der Waals surface area contributed by atoms with E-state index in [9.17, 15) is 18.0 Å². The van der Waals surface area contributed by atoms with Gasteiger partial charge in [-0.1, -0.05) is 12.1 Å². The second-order valence-electron chi connectivity index (χ2n) is 10.4. The zero-order valence-electron chi connectivity index (χ0n) is 21.4. The van der Waals surface area contributed by atoms with Crippen LogP contribution in [-0.2, 0) is 35.5 Å². The van der Waals surface area contributed by atoms with Gasteiger partial charge < -0.3 is 9.47 Å². The van der Waals surface area contributed by atoms with Crippen molar-refractivity contribution in [3.05, 3.63) is 65.4 Å². The Kier molecular flexibility index (Phi) is 7.73. The molecule has 0 saturated carbocycles. The maximum Gasteiger partial charge on any atom is 0.331 e. The zero-order chi connectivity index (χ0) is 26.7. The van der Waals surface area contributed by atoms with Gasteiger partial charge in [0.25, 0.3) is 10.0 Å². The molecule has 0 N–H and O–H groups in total. The number of hydrogen-bond acceptors (Lipinski definition) is 7. The molecule has 0 fully saturated rings. The number of carbonyl (C=O) groups excluding carboxylic acids is 2. The van der Waals surface area contributed by atoms with E-state index in [1.807, 2.05) is 6.07 Å². The summed E-state index contributed by atoms with van der Waals surface area (Å²) in [6.07, 6.45) is 7.73. The third-order valence-corrected chi connectivity index (χ3v) is 6.65. The Bertz CT molecular complexity index is 1310. The van der Waals surface area contributed by atoms with Crippen molar-refractivity contribution >= 4 is 39.9 Å². The maximum absolute atomic E-state index is 13.4. The molecule has 1 aromatic carbocycles. The number of aromatic nitrogens is 1. The first-order valence-electron chi connectivity index (χ1n) is 11.6. The molecule has 0 spiro atoms. The molecule has 3 rings (SSSR count). The summed E-state index contributed by atoms with van der Waals surface area (Å²) >= 11 is 0. The van der Waals surface area contributed by atoms with Crippen molar-refractivity contribution < 1.29 is 27.5 Å². The van der Waals surface area contributed by atoms with Gasteiger partial charge in [0.1, 0.15) is 17.0 Å². The van der Waals surface area contributed by atoms with Gasteiger partial charge in [0.2, 0.25) is 0 Å². The smallest absolute Gasteiger partial charge is 0.331 e. The summed E-state index contributed by atoms with van der Waals surface area (Å²) in [4.78, 5) is 28.4. The molecule has 2 heterocycles. The number of anilines is 1. The average Bonchev–Trinajstić information content (AvgIpc) is 3.18. The quantitative estimate of drug-likeness (QED) is 0.413. The molecule has 0 unspecified atom stereocenters. The monoisotopic (exact) mass is 512 g/mol. The van der Waals surface area contributed by atoms with Crippen LogP contribution in [0.3, 0.4) is 0 Å². The largest absolute Gasteiger partial charge is 0.457 e. The molecule has 1 aliphatic rings. The van der Waals surface area contributed by atoms with Crippen LogP contribution in [0.2, 0.25) is 0 Å². The second-order valence-corrected chi connectivity index (χ2v) is 12.2. The fraction of sp³-hybridized carbons (Fsp3) is 0.370. The van der Waals surface area contributed by atoms with Gasteiger partial charge in [0.15, 0.2) is 0 Å². The lowest BCUT2D eigenvalue weighted by Crippen LogP contribution is -2.29. The summed E-state index contributed by atoms with van der Waals surface area (Å²) < 4.78 is 38.6. The van der Waals surface area contributed by atoms with Crippen LogP contribution in [0.4, 0.5) is 5.82 Å². The molecular weight excluding hydrogens is 480 g/mol. The normalized spacial score (nSPS) is 14.3. The van der Waals surface area contributed by atoms with Gasteiger partial charge in [-0.05, 0) is 95.0 Å². The molecule has 1 aromatic heterocycles. The number of carbonyl (C=O) groups is 2. The van der Waals surface area contributed by atoms with Crippen LogP contribution in [0.25, 0.3) is 12.2 Å². The van der Waals surface area contributed by atoms with Crippen LogP contribution in [0.1, 0.15) is 58.2 Å². The van der Waals surface area contributed by atoms with Gasteiger partial charge in [-0.15, -0.1) is 0 Å². The van der Waals surface area contributed by atoms with Crippen molar-refractivity contribution in [2.45, 2.75) is 64.1 Å². The van der Waals surface area contributed by atoms with Crippen LogP contribution >= 0.6 is 0 Å². The lowest BCUT2D eigenvalue weighted by atomic mass is 10.1. The Balaban J connectivity index is 1.78. The molecule has 36 heavy (non-hydrogen) atoms. The van der Waals surface area contributed by atoms with Gasteiger partial charge in [-0.25, -0.2) is 27.3 Å². The molecule has 8 nitrogen and oxygen atoms in total. The second kappa shape index (κ2) is 10.3. The highest BCUT2D eigenvalue weighted by Gasteiger charge is 2.32. The molecule has 0 radical (unpaired) electrons. The Morgan fingerprint density at radius 3 is 2.08 bits per heavy atom. The first-order chi connectivity index (χ1) is 16.6. The Morgan fingerprint density at radius 1 is 0.917 bits per heavy atom. The molecule has 0 saturated heterocycles. The number of fused-ring (bicyclic) bond motifs is 1. The van der Waals surface area contributed by atoms with Gasteiger partial charge in [0, 0.05) is 24.9 Å². The van der Waals surface area contributed by atoms with E-state index in [-0.39, 0.29) is 11.4 Å². The third kappa shape index (κ3) is 7.27. The SMILES string of the molecule is CC(C)(C)OC(=O)C=Cc1cccc(S(=O)(=O)N2CCc3cc(C=CC(=O)OC(C)(C)C)cnc32)c1. The fourth-order valence-electron chi connectivity index (χ4n) is 3.49. The molecule has 0 amide bonds. The molecule has 0 atom stereocenters. The van der Waals surface area contributed by atoms with Crippen LogP contribution in [0, 0.1) is 0 Å². The first kappa shape index (κ1) is 27.1. The van der Waals surface area contributed by atoms with Gasteiger partial charge >= 0.3 is 11.9 Å². The van der Waals surface area contributed by atoms with Crippen molar-refractivity contribution in [2.75, 3.05) is 10.8 Å². The number of pyridine rings is 1. The molecule has 2 aromatic rings. The van der Waals surface area contributed by atoms with Crippen molar-refractivity contribution in [2.24, 2.45) is 0 Å². The Hall–Kier alpha value is -3.46. The van der Waals surface area contributed by atoms with E-state index in [0.717, 1.165) is 5.56 Å². The number of sulfonamides is 1. The molecule has 0 aliphatic carbocycles. The van der Waals surface area contributed by atoms with E-state index in [4.69, 9.17) is 9.47 Å². The summed E-state index contributed by atoms with van der Waals surface area (Å²) in [6, 6.07) is 8.16. The number of esters is 2. The van der Waals surface area contributed by atoms with E-state index in [1.165, 1.54) is 40.9 Å². The van der Waals surface area contributed by atoms with Crippen LogP contribution < -0.4 is 4.31 Å². The van der Waals surface area contributed by atoms with Crippen molar-refractivity contribution in [3.63, 3.8) is 0 Å². The summed E-state index contributed by atoms with van der Waals surface area (Å²) in [5, 5.41) is 0. The molecule has 192 valence electrons. The van der Waals surface area contributed by atoms with Gasteiger partial charge in [-0.2, -0.15) is 0 Å². The Morgan fingerprint density at radius 2 is 1.50 bits per heavy atom. The average molecular weight is 513 g/mol. The fourth-order valence-corrected chi connectivity index (χ4v) is 5.00. The minimum atomic E-state index is -3.87. The van der Waals surface area contributed by atoms with Crippen molar-refractivity contribution in [1.29, 1.82) is 0 Å². The molecule has 1 aliphatic heterocycles. The first-order valence-corrected chi connectivity index (χ1v) is 13.0. The van der Waals surface area contributed by atoms with Crippen molar-refractivity contribution in [1.82, 2.24) is 4.98 Å². The molecular formula is C27H32N2O6S. The summed E-state index contributed by atoms with van der Waals surface area (Å²) in [6.45, 7) is 10.9. The standard InChI is InChI=1S/C27H32N2O6S/c1-26(2,3)34-23(30)12-10-19-8-7-9-22(17-19)36(32,33)29-15-14-21-16-20(18-28-25(21)29)11-13-24(31)35-27(4,5)6/h7-13,16-18H,14-15H2,1-6H3. The molecule has 0 bridgehead atoms. The van der Waals surface area contributed by atoms with Crippen LogP contribution in [0.5, 0.6) is 0 Å². The number of hydrogen-bond donors (Lipinski definition) is 0. The highest BCUT2D eigenvalue weighted by atomic mass is 32.2. The number of benzene rings is 1. The topological polar surface area (TPSA) is 103 Å². The summed E-state index contributed by atoms with van der Waals surface area (Å²) in [5.74, 6) is -0.614. The number of rotatable bonds is 6. The Labute approximate surface area is 212 Å². The lowest BCUT2D eigenvalue weighted by Gasteiger charge is -2.19. The number of ether oxygens (including phenoxy) is 2. The van der Waals surface area contributed by atoms with Gasteiger partial charge in [-0.3, -0.25) is 0 Å². The summed E-state index contributed by atoms with van der Waals surface area (Å²) in [5.41, 5.74) is 0.791. The summed E-state index contributed by atoms with van der Waals surface area (Å²) in [7, 11) is -3.87. The van der Waals surface area contributed by atoms with Crippen LogP contribution in [-0.4, -0.2) is 43.1 Å². The molecule has 9 heteroatoms.